The molecule has 0 nitrogen and oxygen atoms in total. The maximum atomic E-state index is 2.33. The molecule has 2 fully saturated rings. The summed E-state index contributed by atoms with van der Waals surface area (Å²) in [6.45, 7) is 13.5. The van der Waals surface area contributed by atoms with Crippen LogP contribution in [-0.4, -0.2) is 11.5 Å². The van der Waals surface area contributed by atoms with Crippen molar-refractivity contribution in [2.75, 3.05) is 11.5 Å². The molecule has 1 unspecified atom stereocenters. The van der Waals surface area contributed by atoms with E-state index in [0.29, 0.717) is 0 Å². The molecule has 1 heteroatoms. The van der Waals surface area contributed by atoms with E-state index in [0.717, 1.165) is 23.7 Å². The second-order valence-corrected chi connectivity index (χ2v) is 9.33. The van der Waals surface area contributed by atoms with Crippen LogP contribution in [0.25, 0.3) is 0 Å². The van der Waals surface area contributed by atoms with E-state index in [2.05, 4.69) is 53.3 Å². The monoisotopic (exact) mass is 314 g/mol. The highest BCUT2D eigenvalue weighted by atomic mass is 32.2. The second kappa shape index (κ2) is 14.0. The highest BCUT2D eigenvalue weighted by Crippen LogP contribution is 2.29. The SMILES string of the molecule is CC(C)C.CC(C)CCCC1CCCC1.CC1CCSC1. The van der Waals surface area contributed by atoms with E-state index in [4.69, 9.17) is 0 Å². The van der Waals surface area contributed by atoms with Gasteiger partial charge in [0.05, 0.1) is 0 Å². The molecule has 0 aromatic heterocycles. The van der Waals surface area contributed by atoms with Crippen LogP contribution in [0.4, 0.5) is 0 Å². The van der Waals surface area contributed by atoms with Gasteiger partial charge in [0.15, 0.2) is 0 Å². The second-order valence-electron chi connectivity index (χ2n) is 8.18. The molecule has 0 N–H and O–H groups in total. The van der Waals surface area contributed by atoms with Gasteiger partial charge in [0.25, 0.3) is 0 Å². The molecule has 2 aliphatic rings. The van der Waals surface area contributed by atoms with Gasteiger partial charge in [-0.05, 0) is 41.6 Å². The Balaban J connectivity index is 0.000000335. The van der Waals surface area contributed by atoms with Crippen molar-refractivity contribution in [1.29, 1.82) is 0 Å². The number of rotatable bonds is 4. The van der Waals surface area contributed by atoms with E-state index >= 15 is 0 Å². The van der Waals surface area contributed by atoms with E-state index in [1.54, 1.807) is 0 Å². The fourth-order valence-corrected chi connectivity index (χ4v) is 4.07. The third kappa shape index (κ3) is 16.5. The van der Waals surface area contributed by atoms with Crippen molar-refractivity contribution in [3.05, 3.63) is 0 Å². The van der Waals surface area contributed by atoms with Crippen molar-refractivity contribution in [3.63, 3.8) is 0 Å². The van der Waals surface area contributed by atoms with Crippen LogP contribution >= 0.6 is 11.8 Å². The molecule has 0 aromatic rings. The summed E-state index contributed by atoms with van der Waals surface area (Å²) in [5, 5.41) is 0. The number of hydrogen-bond acceptors (Lipinski definition) is 1. The maximum Gasteiger partial charge on any atom is -0.00415 e. The minimum atomic E-state index is 0.833. The molecule has 0 amide bonds. The normalized spacial score (nSPS) is 22.0. The molecule has 0 spiro atoms. The lowest BCUT2D eigenvalue weighted by atomic mass is 9.97. The Kier molecular flexibility index (Phi) is 14.2. The molecule has 128 valence electrons. The first-order chi connectivity index (χ1) is 9.91. The lowest BCUT2D eigenvalue weighted by molar-refractivity contribution is 0.441. The van der Waals surface area contributed by atoms with E-state index in [-0.39, 0.29) is 0 Å². The van der Waals surface area contributed by atoms with E-state index in [9.17, 15) is 0 Å². The van der Waals surface area contributed by atoms with Crippen molar-refractivity contribution in [3.8, 4) is 0 Å². The lowest BCUT2D eigenvalue weighted by Gasteiger charge is -2.09. The van der Waals surface area contributed by atoms with Gasteiger partial charge in [-0.2, -0.15) is 11.8 Å². The van der Waals surface area contributed by atoms with Crippen LogP contribution in [0.3, 0.4) is 0 Å². The summed E-state index contributed by atoms with van der Waals surface area (Å²) in [5.74, 6) is 6.67. The molecule has 2 rings (SSSR count). The summed E-state index contributed by atoms with van der Waals surface area (Å²) in [5.41, 5.74) is 0. The fourth-order valence-electron chi connectivity index (χ4n) is 2.77. The van der Waals surface area contributed by atoms with Gasteiger partial charge >= 0.3 is 0 Å². The lowest BCUT2D eigenvalue weighted by Crippen LogP contribution is -1.94. The zero-order valence-electron chi connectivity index (χ0n) is 15.8. The summed E-state index contributed by atoms with van der Waals surface area (Å²) in [7, 11) is 0. The van der Waals surface area contributed by atoms with Crippen LogP contribution in [0.1, 0.15) is 92.9 Å². The van der Waals surface area contributed by atoms with Crippen LogP contribution < -0.4 is 0 Å². The molecule has 0 aromatic carbocycles. The highest BCUT2D eigenvalue weighted by Gasteiger charge is 2.13. The Morgan fingerprint density at radius 1 is 0.952 bits per heavy atom. The number of hydrogen-bond donors (Lipinski definition) is 0. The first-order valence-corrected chi connectivity index (χ1v) is 10.6. The molecule has 0 bridgehead atoms. The van der Waals surface area contributed by atoms with Gasteiger partial charge in [-0.3, -0.25) is 0 Å². The van der Waals surface area contributed by atoms with E-state index < -0.39 is 0 Å². The minimum absolute atomic E-state index is 0.833. The summed E-state index contributed by atoms with van der Waals surface area (Å²) in [6, 6.07) is 0. The van der Waals surface area contributed by atoms with Crippen LogP contribution in [0.2, 0.25) is 0 Å². The van der Waals surface area contributed by atoms with Crippen LogP contribution in [0, 0.1) is 23.7 Å². The van der Waals surface area contributed by atoms with Crippen LogP contribution in [0.5, 0.6) is 0 Å². The van der Waals surface area contributed by atoms with Gasteiger partial charge in [-0.1, -0.05) is 86.5 Å². The van der Waals surface area contributed by atoms with Crippen molar-refractivity contribution in [2.24, 2.45) is 23.7 Å². The molecule has 0 radical (unpaired) electrons. The van der Waals surface area contributed by atoms with Gasteiger partial charge in [-0.15, -0.1) is 0 Å². The summed E-state index contributed by atoms with van der Waals surface area (Å²) in [6.07, 6.45) is 11.9. The van der Waals surface area contributed by atoms with Crippen molar-refractivity contribution in [2.45, 2.75) is 92.9 Å². The van der Waals surface area contributed by atoms with Crippen LogP contribution in [-0.2, 0) is 0 Å². The van der Waals surface area contributed by atoms with Crippen molar-refractivity contribution in [1.82, 2.24) is 0 Å². The van der Waals surface area contributed by atoms with Gasteiger partial charge in [0.2, 0.25) is 0 Å². The van der Waals surface area contributed by atoms with Gasteiger partial charge < -0.3 is 0 Å². The Labute approximate surface area is 140 Å². The molecule has 1 atom stereocenters. The largest absolute Gasteiger partial charge is 0.162 e. The Hall–Kier alpha value is 0.350. The van der Waals surface area contributed by atoms with Gasteiger partial charge in [-0.25, -0.2) is 0 Å². The molecule has 1 heterocycles. The zero-order chi connectivity index (χ0) is 16.1. The van der Waals surface area contributed by atoms with Crippen molar-refractivity contribution >= 4 is 11.8 Å². The molecule has 1 saturated carbocycles. The highest BCUT2D eigenvalue weighted by molar-refractivity contribution is 7.99. The standard InChI is InChI=1S/C11H22.C5H10S.C4H10/c1-10(2)6-5-9-11-7-3-4-8-11;1-5-2-3-6-4-5;1-4(2)3/h10-11H,3-9H2,1-2H3;5H,2-4H2,1H3;4H,1-3H3. The molecule has 1 aliphatic carbocycles. The zero-order valence-corrected chi connectivity index (χ0v) is 16.6. The quantitative estimate of drug-likeness (QED) is 0.520. The molecule has 21 heavy (non-hydrogen) atoms. The smallest absolute Gasteiger partial charge is 0.00415 e. The molecule has 1 saturated heterocycles. The third-order valence-corrected chi connectivity index (χ3v) is 5.36. The molecular formula is C20H42S. The molecular weight excluding hydrogens is 272 g/mol. The first kappa shape index (κ1) is 21.4. The Morgan fingerprint density at radius 3 is 1.86 bits per heavy atom. The summed E-state index contributed by atoms with van der Waals surface area (Å²) >= 11 is 2.08. The Morgan fingerprint density at radius 2 is 1.52 bits per heavy atom. The van der Waals surface area contributed by atoms with Gasteiger partial charge in [0.1, 0.15) is 0 Å². The first-order valence-electron chi connectivity index (χ1n) is 9.49. The predicted octanol–water partition coefficient (Wildman–Crippen LogP) is 7.42. The summed E-state index contributed by atoms with van der Waals surface area (Å²) in [4.78, 5) is 0. The van der Waals surface area contributed by atoms with E-state index in [1.165, 1.54) is 62.9 Å². The minimum Gasteiger partial charge on any atom is -0.162 e. The Bertz CT molecular complexity index is 195. The molecule has 1 aliphatic heterocycles. The topological polar surface area (TPSA) is 0 Å². The third-order valence-electron chi connectivity index (χ3n) is 4.03. The summed E-state index contributed by atoms with van der Waals surface area (Å²) < 4.78 is 0. The predicted molar refractivity (Wildman–Crippen MR) is 102 cm³/mol. The maximum absolute atomic E-state index is 2.33. The van der Waals surface area contributed by atoms with Crippen molar-refractivity contribution < 1.29 is 0 Å². The fraction of sp³-hybridized carbons (Fsp3) is 1.00. The van der Waals surface area contributed by atoms with Crippen LogP contribution in [0.15, 0.2) is 0 Å². The average molecular weight is 315 g/mol. The average Bonchev–Trinajstić information content (AvgIpc) is 3.02. The van der Waals surface area contributed by atoms with E-state index in [1.807, 2.05) is 0 Å². The van der Waals surface area contributed by atoms with Gasteiger partial charge in [0, 0.05) is 0 Å². The number of thioether (sulfide) groups is 1.